The first-order valence-electron chi connectivity index (χ1n) is 9.59. The average Bonchev–Trinajstić information content (AvgIpc) is 3.00. The second kappa shape index (κ2) is 7.99. The normalized spacial score (nSPS) is 18.4. The maximum absolute atomic E-state index is 14.1. The molecule has 152 valence electrons. The largest absolute Gasteiger partial charge is 0.494 e. The van der Waals surface area contributed by atoms with Gasteiger partial charge in [-0.15, -0.1) is 0 Å². The Labute approximate surface area is 174 Å². The molecule has 3 aromatic rings. The third-order valence-electron chi connectivity index (χ3n) is 5.31. The number of imide groups is 1. The van der Waals surface area contributed by atoms with E-state index >= 15 is 0 Å². The van der Waals surface area contributed by atoms with Crippen LogP contribution in [0.25, 0.3) is 0 Å². The van der Waals surface area contributed by atoms with Crippen LogP contribution >= 0.6 is 0 Å². The molecule has 1 atom stereocenters. The van der Waals surface area contributed by atoms with Crippen LogP contribution in [0.4, 0.5) is 9.18 Å². The van der Waals surface area contributed by atoms with Crippen LogP contribution in [0.1, 0.15) is 16.7 Å². The molecule has 0 aromatic heterocycles. The van der Waals surface area contributed by atoms with Gasteiger partial charge in [0.05, 0.1) is 13.7 Å². The molecule has 0 saturated carbocycles. The van der Waals surface area contributed by atoms with Crippen molar-refractivity contribution in [3.05, 3.63) is 101 Å². The quantitative estimate of drug-likeness (QED) is 0.631. The van der Waals surface area contributed by atoms with E-state index < -0.39 is 17.4 Å². The summed E-state index contributed by atoms with van der Waals surface area (Å²) in [5.41, 5.74) is 0.911. The number of carbonyl (C=O) groups is 2. The molecule has 0 aliphatic carbocycles. The molecule has 1 aliphatic rings. The van der Waals surface area contributed by atoms with Crippen molar-refractivity contribution in [3.8, 4) is 5.75 Å². The van der Waals surface area contributed by atoms with Crippen molar-refractivity contribution in [3.63, 3.8) is 0 Å². The topological polar surface area (TPSA) is 58.6 Å². The molecule has 3 aromatic carbocycles. The summed E-state index contributed by atoms with van der Waals surface area (Å²) < 4.78 is 19.0. The van der Waals surface area contributed by atoms with Gasteiger partial charge in [-0.2, -0.15) is 0 Å². The zero-order valence-electron chi connectivity index (χ0n) is 16.5. The van der Waals surface area contributed by atoms with Crippen LogP contribution in [0, 0.1) is 5.82 Å². The number of hydrogen-bond donors (Lipinski definition) is 1. The van der Waals surface area contributed by atoms with Gasteiger partial charge in [-0.25, -0.2) is 9.18 Å². The zero-order valence-corrected chi connectivity index (χ0v) is 16.5. The first-order valence-corrected chi connectivity index (χ1v) is 9.59. The molecule has 1 saturated heterocycles. The summed E-state index contributed by atoms with van der Waals surface area (Å²) in [6.07, 6.45) is 0.315. The molecule has 0 spiro atoms. The second-order valence-electron chi connectivity index (χ2n) is 7.22. The smallest absolute Gasteiger partial charge is 0.325 e. The molecule has 1 heterocycles. The van der Waals surface area contributed by atoms with Crippen molar-refractivity contribution in [1.82, 2.24) is 10.2 Å². The lowest BCUT2D eigenvalue weighted by Gasteiger charge is -2.27. The van der Waals surface area contributed by atoms with E-state index in [-0.39, 0.29) is 18.2 Å². The summed E-state index contributed by atoms with van der Waals surface area (Å²) in [5.74, 6) is -0.793. The highest BCUT2D eigenvalue weighted by Gasteiger charge is 2.52. The Morgan fingerprint density at radius 2 is 1.60 bits per heavy atom. The van der Waals surface area contributed by atoms with Crippen molar-refractivity contribution >= 4 is 11.9 Å². The highest BCUT2D eigenvalue weighted by molar-refractivity contribution is 6.07. The van der Waals surface area contributed by atoms with Gasteiger partial charge in [0, 0.05) is 6.42 Å². The highest BCUT2D eigenvalue weighted by Crippen LogP contribution is 2.34. The highest BCUT2D eigenvalue weighted by atomic mass is 19.1. The fourth-order valence-electron chi connectivity index (χ4n) is 3.80. The van der Waals surface area contributed by atoms with Gasteiger partial charge in [-0.1, -0.05) is 66.7 Å². The third-order valence-corrected chi connectivity index (χ3v) is 5.31. The number of halogens is 1. The summed E-state index contributed by atoms with van der Waals surface area (Å²) >= 11 is 0. The van der Waals surface area contributed by atoms with Gasteiger partial charge in [-0.3, -0.25) is 9.69 Å². The summed E-state index contributed by atoms with van der Waals surface area (Å²) in [5, 5.41) is 2.91. The molecule has 3 amide bonds. The number of benzene rings is 3. The number of urea groups is 1. The Bertz CT molecular complexity index is 1070. The van der Waals surface area contributed by atoms with Gasteiger partial charge in [0.15, 0.2) is 17.1 Å². The number of amides is 3. The maximum Gasteiger partial charge on any atom is 0.325 e. The number of ether oxygens (including phenoxy) is 1. The molecule has 1 aliphatic heterocycles. The van der Waals surface area contributed by atoms with E-state index in [1.807, 2.05) is 60.7 Å². The molecule has 6 heteroatoms. The summed E-state index contributed by atoms with van der Waals surface area (Å²) in [6, 6.07) is 22.6. The number of nitrogens with zero attached hydrogens (tertiary/aromatic N) is 1. The average molecular weight is 404 g/mol. The predicted molar refractivity (Wildman–Crippen MR) is 110 cm³/mol. The second-order valence-corrected chi connectivity index (χ2v) is 7.22. The lowest BCUT2D eigenvalue weighted by Crippen LogP contribution is -2.46. The molecule has 5 nitrogen and oxygen atoms in total. The molecule has 4 rings (SSSR count). The van der Waals surface area contributed by atoms with E-state index in [1.165, 1.54) is 19.2 Å². The number of hydrogen-bond acceptors (Lipinski definition) is 3. The molecule has 1 fully saturated rings. The first-order chi connectivity index (χ1) is 14.5. The van der Waals surface area contributed by atoms with Crippen LogP contribution in [0.15, 0.2) is 78.9 Å². The minimum absolute atomic E-state index is 0.0328. The van der Waals surface area contributed by atoms with E-state index in [0.717, 1.165) is 10.5 Å². The van der Waals surface area contributed by atoms with Crippen molar-refractivity contribution in [2.45, 2.75) is 18.5 Å². The molecule has 30 heavy (non-hydrogen) atoms. The standard InChI is InChI=1S/C24H21FN2O3/c1-30-21-13-12-18(14-20(21)25)16-27-22(28)24(26-23(27)29,19-10-6-3-7-11-19)15-17-8-4-2-5-9-17/h2-14H,15-16H2,1H3,(H,26,29)/t24-/m1/s1. The van der Waals surface area contributed by atoms with Crippen molar-refractivity contribution in [2.75, 3.05) is 7.11 Å². The third kappa shape index (κ3) is 3.52. The first kappa shape index (κ1) is 19.6. The molecular weight excluding hydrogens is 383 g/mol. The number of methoxy groups -OCH3 is 1. The Balaban J connectivity index is 1.69. The molecule has 0 bridgehead atoms. The monoisotopic (exact) mass is 404 g/mol. The Hall–Kier alpha value is -3.67. The summed E-state index contributed by atoms with van der Waals surface area (Å²) in [6.45, 7) is -0.0328. The fourth-order valence-corrected chi connectivity index (χ4v) is 3.80. The van der Waals surface area contributed by atoms with Gasteiger partial charge in [0.2, 0.25) is 0 Å². The SMILES string of the molecule is COc1ccc(CN2C(=O)N[C@](Cc3ccccc3)(c3ccccc3)C2=O)cc1F. The van der Waals surface area contributed by atoms with Crippen LogP contribution < -0.4 is 10.1 Å². The molecular formula is C24H21FN2O3. The Morgan fingerprint density at radius 3 is 2.23 bits per heavy atom. The van der Waals surface area contributed by atoms with Crippen LogP contribution in [0.3, 0.4) is 0 Å². The van der Waals surface area contributed by atoms with Crippen LogP contribution in [-0.2, 0) is 23.3 Å². The predicted octanol–water partition coefficient (Wildman–Crippen LogP) is 4.02. The minimum Gasteiger partial charge on any atom is -0.494 e. The maximum atomic E-state index is 14.1. The number of carbonyl (C=O) groups excluding carboxylic acids is 2. The lowest BCUT2D eigenvalue weighted by atomic mass is 9.83. The minimum atomic E-state index is -1.22. The zero-order chi connectivity index (χ0) is 21.1. The summed E-state index contributed by atoms with van der Waals surface area (Å²) in [4.78, 5) is 27.6. The number of rotatable bonds is 6. The van der Waals surface area contributed by atoms with E-state index in [2.05, 4.69) is 5.32 Å². The van der Waals surface area contributed by atoms with Gasteiger partial charge in [0.25, 0.3) is 5.91 Å². The molecule has 1 N–H and O–H groups in total. The van der Waals surface area contributed by atoms with Gasteiger partial charge >= 0.3 is 6.03 Å². The number of nitrogens with one attached hydrogen (secondary N) is 1. The molecule has 0 unspecified atom stereocenters. The lowest BCUT2D eigenvalue weighted by molar-refractivity contribution is -0.132. The van der Waals surface area contributed by atoms with Crippen LogP contribution in [0.2, 0.25) is 0 Å². The molecule has 0 radical (unpaired) electrons. The van der Waals surface area contributed by atoms with Crippen molar-refractivity contribution in [1.29, 1.82) is 0 Å². The van der Waals surface area contributed by atoms with Gasteiger partial charge in [0.1, 0.15) is 0 Å². The summed E-state index contributed by atoms with van der Waals surface area (Å²) in [7, 11) is 1.38. The van der Waals surface area contributed by atoms with Gasteiger partial charge in [-0.05, 0) is 28.8 Å². The van der Waals surface area contributed by atoms with Gasteiger partial charge < -0.3 is 10.1 Å². The Kier molecular flexibility index (Phi) is 5.23. The fraction of sp³-hybridized carbons (Fsp3) is 0.167. The van der Waals surface area contributed by atoms with E-state index in [1.54, 1.807) is 6.07 Å². The Morgan fingerprint density at radius 1 is 0.933 bits per heavy atom. The van der Waals surface area contributed by atoms with Crippen molar-refractivity contribution in [2.24, 2.45) is 0 Å². The van der Waals surface area contributed by atoms with E-state index in [9.17, 15) is 14.0 Å². The van der Waals surface area contributed by atoms with Crippen molar-refractivity contribution < 1.29 is 18.7 Å². The van der Waals surface area contributed by atoms with E-state index in [0.29, 0.717) is 17.5 Å². The van der Waals surface area contributed by atoms with Crippen LogP contribution in [-0.4, -0.2) is 23.9 Å². The van der Waals surface area contributed by atoms with Crippen LogP contribution in [0.5, 0.6) is 5.75 Å². The van der Waals surface area contributed by atoms with E-state index in [4.69, 9.17) is 4.74 Å².